The van der Waals surface area contributed by atoms with Crippen LogP contribution < -0.4 is 9.47 Å². The Labute approximate surface area is 156 Å². The van der Waals surface area contributed by atoms with Crippen LogP contribution in [-0.4, -0.2) is 56.4 Å². The topological polar surface area (TPSA) is 68.2 Å². The number of benzene rings is 1. The van der Waals surface area contributed by atoms with Gasteiger partial charge in [-0.05, 0) is 11.4 Å². The highest BCUT2D eigenvalue weighted by atomic mass is 32.1. The molecular weight excluding hydrogens is 354 g/mol. The number of thiophene rings is 1. The predicted octanol–water partition coefficient (Wildman–Crippen LogP) is 2.85. The summed E-state index contributed by atoms with van der Waals surface area (Å²) in [5.41, 5.74) is 0.609. The Morgan fingerprint density at radius 3 is 2.69 bits per heavy atom. The number of carbonyl (C=O) groups excluding carboxylic acids is 1. The van der Waals surface area contributed by atoms with Crippen molar-refractivity contribution in [2.45, 2.75) is 12.3 Å². The zero-order valence-corrected chi connectivity index (χ0v) is 15.8. The molecule has 0 bridgehead atoms. The number of carbonyl (C=O) groups is 1. The van der Waals surface area contributed by atoms with Crippen LogP contribution in [0.5, 0.6) is 17.2 Å². The number of hydrogen-bond acceptors (Lipinski definition) is 6. The minimum atomic E-state index is -0.286. The van der Waals surface area contributed by atoms with Crippen molar-refractivity contribution >= 4 is 17.2 Å². The molecule has 140 valence electrons. The van der Waals surface area contributed by atoms with Crippen LogP contribution >= 0.6 is 11.3 Å². The molecule has 6 nitrogen and oxygen atoms in total. The molecule has 2 heterocycles. The van der Waals surface area contributed by atoms with E-state index in [1.807, 2.05) is 22.4 Å². The van der Waals surface area contributed by atoms with Gasteiger partial charge in [0.1, 0.15) is 17.2 Å². The lowest BCUT2D eigenvalue weighted by molar-refractivity contribution is -0.135. The van der Waals surface area contributed by atoms with Gasteiger partial charge in [0.05, 0.1) is 27.4 Å². The average Bonchev–Trinajstić information content (AvgIpc) is 3.21. The second kappa shape index (κ2) is 8.42. The van der Waals surface area contributed by atoms with Gasteiger partial charge in [0.2, 0.25) is 5.91 Å². The van der Waals surface area contributed by atoms with Gasteiger partial charge in [-0.1, -0.05) is 6.07 Å². The Kier molecular flexibility index (Phi) is 6.00. The summed E-state index contributed by atoms with van der Waals surface area (Å²) in [6.07, 6.45) is 0.261. The Hall–Kier alpha value is -2.25. The smallest absolute Gasteiger partial charge is 0.223 e. The molecule has 0 saturated carbocycles. The van der Waals surface area contributed by atoms with Crippen molar-refractivity contribution in [3.8, 4) is 17.2 Å². The zero-order chi connectivity index (χ0) is 18.5. The van der Waals surface area contributed by atoms with Crippen molar-refractivity contribution in [1.82, 2.24) is 4.90 Å². The summed E-state index contributed by atoms with van der Waals surface area (Å²) in [6, 6.07) is 7.21. The molecule has 0 aliphatic carbocycles. The highest BCUT2D eigenvalue weighted by Gasteiger charge is 2.29. The number of ether oxygens (including phenoxy) is 3. The van der Waals surface area contributed by atoms with E-state index in [1.54, 1.807) is 30.6 Å². The summed E-state index contributed by atoms with van der Waals surface area (Å²) in [5.74, 6) is 0.840. The SMILES string of the molecule is COc1cc(O)c(C(CC(=O)N2CCOCC2)c2cccs2)c(OC)c1. The van der Waals surface area contributed by atoms with Crippen LogP contribution in [0.4, 0.5) is 0 Å². The molecule has 1 amide bonds. The van der Waals surface area contributed by atoms with Gasteiger partial charge in [-0.15, -0.1) is 11.3 Å². The fraction of sp³-hybridized carbons (Fsp3) is 0.421. The Morgan fingerprint density at radius 1 is 1.31 bits per heavy atom. The predicted molar refractivity (Wildman–Crippen MR) is 99.4 cm³/mol. The van der Waals surface area contributed by atoms with E-state index in [0.29, 0.717) is 43.4 Å². The van der Waals surface area contributed by atoms with Crippen molar-refractivity contribution in [1.29, 1.82) is 0 Å². The number of hydrogen-bond donors (Lipinski definition) is 1. The molecular formula is C19H23NO5S. The molecule has 1 aromatic carbocycles. The molecule has 3 rings (SSSR count). The van der Waals surface area contributed by atoms with E-state index in [4.69, 9.17) is 14.2 Å². The fourth-order valence-electron chi connectivity index (χ4n) is 3.18. The third kappa shape index (κ3) is 3.94. The van der Waals surface area contributed by atoms with E-state index in [2.05, 4.69) is 0 Å². The van der Waals surface area contributed by atoms with Gasteiger partial charge in [-0.3, -0.25) is 4.79 Å². The number of rotatable bonds is 6. The lowest BCUT2D eigenvalue weighted by atomic mass is 9.91. The number of morpholine rings is 1. The number of methoxy groups -OCH3 is 2. The summed E-state index contributed by atoms with van der Waals surface area (Å²) in [4.78, 5) is 15.7. The van der Waals surface area contributed by atoms with Gasteiger partial charge < -0.3 is 24.2 Å². The molecule has 1 N–H and O–H groups in total. The highest BCUT2D eigenvalue weighted by Crippen LogP contribution is 2.44. The summed E-state index contributed by atoms with van der Waals surface area (Å²) in [5, 5.41) is 12.6. The van der Waals surface area contributed by atoms with E-state index < -0.39 is 0 Å². The molecule has 26 heavy (non-hydrogen) atoms. The second-order valence-electron chi connectivity index (χ2n) is 6.03. The molecule has 1 aliphatic heterocycles. The molecule has 0 radical (unpaired) electrons. The quantitative estimate of drug-likeness (QED) is 0.838. The summed E-state index contributed by atoms with van der Waals surface area (Å²) < 4.78 is 16.0. The van der Waals surface area contributed by atoms with Crippen molar-refractivity contribution in [3.63, 3.8) is 0 Å². The van der Waals surface area contributed by atoms with E-state index >= 15 is 0 Å². The molecule has 7 heteroatoms. The molecule has 0 spiro atoms. The minimum absolute atomic E-state index is 0.0453. The van der Waals surface area contributed by atoms with Crippen LogP contribution in [0.1, 0.15) is 22.8 Å². The molecule has 1 fully saturated rings. The normalized spacial score (nSPS) is 15.5. The first-order chi connectivity index (χ1) is 12.6. The van der Waals surface area contributed by atoms with E-state index in [0.717, 1.165) is 4.88 Å². The first-order valence-corrected chi connectivity index (χ1v) is 9.35. The Morgan fingerprint density at radius 2 is 2.08 bits per heavy atom. The van der Waals surface area contributed by atoms with Gasteiger partial charge in [-0.2, -0.15) is 0 Å². The van der Waals surface area contributed by atoms with E-state index in [-0.39, 0.29) is 24.0 Å². The lowest BCUT2D eigenvalue weighted by Crippen LogP contribution is -2.41. The van der Waals surface area contributed by atoms with Crippen LogP contribution in [-0.2, 0) is 9.53 Å². The minimum Gasteiger partial charge on any atom is -0.507 e. The van der Waals surface area contributed by atoms with Crippen molar-refractivity contribution < 1.29 is 24.1 Å². The second-order valence-corrected chi connectivity index (χ2v) is 7.01. The van der Waals surface area contributed by atoms with Gasteiger partial charge in [0.15, 0.2) is 0 Å². The number of phenolic OH excluding ortho intramolecular Hbond substituents is 1. The van der Waals surface area contributed by atoms with Crippen molar-refractivity contribution in [3.05, 3.63) is 40.1 Å². The average molecular weight is 377 g/mol. The van der Waals surface area contributed by atoms with Gasteiger partial charge >= 0.3 is 0 Å². The van der Waals surface area contributed by atoms with Gasteiger partial charge in [0, 0.05) is 48.0 Å². The first-order valence-electron chi connectivity index (χ1n) is 8.47. The van der Waals surface area contributed by atoms with Gasteiger partial charge in [-0.25, -0.2) is 0 Å². The van der Waals surface area contributed by atoms with Crippen LogP contribution in [0, 0.1) is 0 Å². The van der Waals surface area contributed by atoms with E-state index in [9.17, 15) is 9.90 Å². The Balaban J connectivity index is 1.96. The maximum atomic E-state index is 12.8. The van der Waals surface area contributed by atoms with Crippen molar-refractivity contribution in [2.75, 3.05) is 40.5 Å². The van der Waals surface area contributed by atoms with Gasteiger partial charge in [0.25, 0.3) is 0 Å². The highest BCUT2D eigenvalue weighted by molar-refractivity contribution is 7.10. The molecule has 2 aromatic rings. The Bertz CT molecular complexity index is 741. The standard InChI is InChI=1S/C19H23NO5S/c1-23-13-10-15(21)19(16(11-13)24-2)14(17-4-3-9-26-17)12-18(22)20-5-7-25-8-6-20/h3-4,9-11,14,21H,5-8,12H2,1-2H3. The molecule has 1 unspecified atom stereocenters. The van der Waals surface area contributed by atoms with Crippen LogP contribution in [0.15, 0.2) is 29.6 Å². The zero-order valence-electron chi connectivity index (χ0n) is 14.9. The number of phenols is 1. The maximum absolute atomic E-state index is 12.8. The molecule has 1 atom stereocenters. The van der Waals surface area contributed by atoms with Crippen molar-refractivity contribution in [2.24, 2.45) is 0 Å². The fourth-order valence-corrected chi connectivity index (χ4v) is 4.01. The van der Waals surface area contributed by atoms with Crippen LogP contribution in [0.3, 0.4) is 0 Å². The van der Waals surface area contributed by atoms with Crippen LogP contribution in [0.25, 0.3) is 0 Å². The monoisotopic (exact) mass is 377 g/mol. The molecule has 1 saturated heterocycles. The largest absolute Gasteiger partial charge is 0.507 e. The number of aromatic hydroxyl groups is 1. The van der Waals surface area contributed by atoms with Crippen LogP contribution in [0.2, 0.25) is 0 Å². The third-order valence-electron chi connectivity index (χ3n) is 4.53. The van der Waals surface area contributed by atoms with E-state index in [1.165, 1.54) is 7.11 Å². The summed E-state index contributed by atoms with van der Waals surface area (Å²) >= 11 is 1.56. The number of amides is 1. The third-order valence-corrected chi connectivity index (χ3v) is 5.51. The number of nitrogens with zero attached hydrogens (tertiary/aromatic N) is 1. The molecule has 1 aromatic heterocycles. The summed E-state index contributed by atoms with van der Waals surface area (Å²) in [7, 11) is 3.08. The lowest BCUT2D eigenvalue weighted by Gasteiger charge is -2.29. The first kappa shape index (κ1) is 18.5. The molecule has 1 aliphatic rings. The summed E-state index contributed by atoms with van der Waals surface area (Å²) in [6.45, 7) is 2.32. The maximum Gasteiger partial charge on any atom is 0.223 e.